The first-order valence-electron chi connectivity index (χ1n) is 8.85. The van der Waals surface area contributed by atoms with E-state index >= 15 is 0 Å². The van der Waals surface area contributed by atoms with Gasteiger partial charge in [-0.3, -0.25) is 9.59 Å². The first kappa shape index (κ1) is 16.6. The van der Waals surface area contributed by atoms with Gasteiger partial charge in [0.15, 0.2) is 0 Å². The predicted octanol–water partition coefficient (Wildman–Crippen LogP) is 4.32. The molecule has 4 heteroatoms. The van der Waals surface area contributed by atoms with E-state index in [9.17, 15) is 14.7 Å². The molecule has 132 valence electrons. The lowest BCUT2D eigenvalue weighted by Crippen LogP contribution is -2.38. The van der Waals surface area contributed by atoms with Gasteiger partial charge in [0.2, 0.25) is 0 Å². The third-order valence-corrected chi connectivity index (χ3v) is 5.59. The number of carbonyl (C=O) groups excluding carboxylic acids is 1. The summed E-state index contributed by atoms with van der Waals surface area (Å²) in [5, 5.41) is 9.79. The molecule has 2 aromatic carbocycles. The number of fused-ring (bicyclic) bond motifs is 2. The summed E-state index contributed by atoms with van der Waals surface area (Å²) < 4.78 is 5.62. The van der Waals surface area contributed by atoms with Crippen molar-refractivity contribution in [2.24, 2.45) is 17.3 Å². The van der Waals surface area contributed by atoms with Gasteiger partial charge in [0.25, 0.3) is 0 Å². The van der Waals surface area contributed by atoms with Crippen LogP contribution in [0.2, 0.25) is 0 Å². The van der Waals surface area contributed by atoms with E-state index in [4.69, 9.17) is 4.74 Å². The molecule has 0 aliphatic heterocycles. The third kappa shape index (κ3) is 2.81. The van der Waals surface area contributed by atoms with Crippen LogP contribution in [0.1, 0.15) is 19.3 Å². The Kier molecular flexibility index (Phi) is 4.11. The summed E-state index contributed by atoms with van der Waals surface area (Å²) in [6.07, 6.45) is 5.26. The fraction of sp³-hybridized carbons (Fsp3) is 0.273. The van der Waals surface area contributed by atoms with Crippen LogP contribution in [0.3, 0.4) is 0 Å². The van der Waals surface area contributed by atoms with Crippen LogP contribution in [-0.4, -0.2) is 17.0 Å². The average Bonchev–Trinajstić information content (AvgIpc) is 3.24. The number of allylic oxidation sites excluding steroid dienone is 2. The molecule has 1 N–H and O–H groups in total. The summed E-state index contributed by atoms with van der Waals surface area (Å²) in [5.41, 5.74) is 0.739. The molecule has 2 aromatic rings. The fourth-order valence-electron chi connectivity index (χ4n) is 4.31. The van der Waals surface area contributed by atoms with Gasteiger partial charge in [-0.1, -0.05) is 60.7 Å². The van der Waals surface area contributed by atoms with Gasteiger partial charge in [0.05, 0.1) is 11.8 Å². The second-order valence-corrected chi connectivity index (χ2v) is 7.17. The molecule has 0 saturated heterocycles. The number of carboxylic acids is 1. The lowest BCUT2D eigenvalue weighted by molar-refractivity contribution is -0.156. The van der Waals surface area contributed by atoms with E-state index in [2.05, 4.69) is 6.08 Å². The lowest BCUT2D eigenvalue weighted by Gasteiger charge is -2.30. The van der Waals surface area contributed by atoms with Crippen molar-refractivity contribution in [2.75, 3.05) is 0 Å². The average molecular weight is 348 g/mol. The van der Waals surface area contributed by atoms with Gasteiger partial charge in [-0.15, -0.1) is 0 Å². The van der Waals surface area contributed by atoms with Crippen molar-refractivity contribution in [3.63, 3.8) is 0 Å². The zero-order chi connectivity index (χ0) is 18.1. The van der Waals surface area contributed by atoms with Gasteiger partial charge in [-0.05, 0) is 36.3 Å². The largest absolute Gasteiger partial charge is 0.481 e. The van der Waals surface area contributed by atoms with E-state index in [1.807, 2.05) is 54.6 Å². The Hall–Kier alpha value is -2.88. The zero-order valence-electron chi connectivity index (χ0n) is 14.3. The smallest absolute Gasteiger partial charge is 0.312 e. The minimum Gasteiger partial charge on any atom is -0.481 e. The summed E-state index contributed by atoms with van der Waals surface area (Å²) in [6.45, 7) is 0. The van der Waals surface area contributed by atoms with Crippen LogP contribution < -0.4 is 4.74 Å². The lowest BCUT2D eigenvalue weighted by atomic mass is 9.73. The number of benzene rings is 2. The summed E-state index contributed by atoms with van der Waals surface area (Å²) in [6, 6.07) is 17.0. The van der Waals surface area contributed by atoms with Crippen LogP contribution >= 0.6 is 0 Å². The van der Waals surface area contributed by atoms with Crippen LogP contribution in [-0.2, 0) is 9.59 Å². The van der Waals surface area contributed by atoms with Crippen LogP contribution in [0, 0.1) is 17.3 Å². The van der Waals surface area contributed by atoms with E-state index < -0.39 is 17.4 Å². The molecule has 1 saturated carbocycles. The SMILES string of the molecule is O=C(CC1(C(=O)O)CC2C=CC1C2)Oc1ccccc1-c1ccccc1. The third-order valence-electron chi connectivity index (χ3n) is 5.59. The maximum Gasteiger partial charge on any atom is 0.312 e. The van der Waals surface area contributed by atoms with Crippen molar-refractivity contribution < 1.29 is 19.4 Å². The summed E-state index contributed by atoms with van der Waals surface area (Å²) >= 11 is 0. The van der Waals surface area contributed by atoms with E-state index in [-0.39, 0.29) is 18.3 Å². The van der Waals surface area contributed by atoms with Gasteiger partial charge in [0.1, 0.15) is 5.75 Å². The number of esters is 1. The molecule has 26 heavy (non-hydrogen) atoms. The highest BCUT2D eigenvalue weighted by Gasteiger charge is 2.55. The number of carboxylic acid groups (broad SMARTS) is 1. The molecule has 0 amide bonds. The normalized spacial score (nSPS) is 26.0. The Bertz CT molecular complexity index is 871. The molecular formula is C22H20O4. The molecule has 0 heterocycles. The zero-order valence-corrected chi connectivity index (χ0v) is 14.3. The number of para-hydroxylation sites is 1. The molecule has 3 unspecified atom stereocenters. The molecule has 0 aromatic heterocycles. The standard InChI is InChI=1S/C22H20O4/c23-20(14-22(21(24)25)13-15-10-11-17(22)12-15)26-19-9-5-4-8-18(19)16-6-2-1-3-7-16/h1-11,15,17H,12-14H2,(H,24,25). The maximum absolute atomic E-state index is 12.6. The summed E-state index contributed by atoms with van der Waals surface area (Å²) in [7, 11) is 0. The Morgan fingerprint density at radius 3 is 2.42 bits per heavy atom. The Morgan fingerprint density at radius 2 is 1.77 bits per heavy atom. The number of rotatable bonds is 5. The molecule has 1 fully saturated rings. The van der Waals surface area contributed by atoms with Crippen LogP contribution in [0.4, 0.5) is 0 Å². The Morgan fingerprint density at radius 1 is 1.04 bits per heavy atom. The van der Waals surface area contributed by atoms with Crippen molar-refractivity contribution in [1.82, 2.24) is 0 Å². The van der Waals surface area contributed by atoms with Gasteiger partial charge in [-0.25, -0.2) is 0 Å². The number of aliphatic carboxylic acids is 1. The molecule has 3 atom stereocenters. The molecule has 4 rings (SSSR count). The number of hydrogen-bond acceptors (Lipinski definition) is 3. The Labute approximate surface area is 152 Å². The summed E-state index contributed by atoms with van der Waals surface area (Å²) in [4.78, 5) is 24.6. The maximum atomic E-state index is 12.6. The molecule has 2 bridgehead atoms. The van der Waals surface area contributed by atoms with Crippen molar-refractivity contribution in [1.29, 1.82) is 0 Å². The number of hydrogen-bond donors (Lipinski definition) is 1. The summed E-state index contributed by atoms with van der Waals surface area (Å²) in [5.74, 6) is -0.746. The first-order chi connectivity index (χ1) is 12.6. The fourth-order valence-corrected chi connectivity index (χ4v) is 4.31. The molecule has 0 radical (unpaired) electrons. The van der Waals surface area contributed by atoms with Crippen LogP contribution in [0.5, 0.6) is 5.75 Å². The first-order valence-corrected chi connectivity index (χ1v) is 8.85. The van der Waals surface area contributed by atoms with Gasteiger partial charge in [0, 0.05) is 5.56 Å². The molecule has 0 spiro atoms. The molecule has 2 aliphatic rings. The van der Waals surface area contributed by atoms with E-state index in [1.165, 1.54) is 0 Å². The van der Waals surface area contributed by atoms with Crippen LogP contribution in [0.25, 0.3) is 11.1 Å². The molecule has 2 aliphatic carbocycles. The molecule has 4 nitrogen and oxygen atoms in total. The minimum atomic E-state index is -1.03. The number of ether oxygens (including phenoxy) is 1. The van der Waals surface area contributed by atoms with Gasteiger partial charge >= 0.3 is 11.9 Å². The van der Waals surface area contributed by atoms with E-state index in [0.717, 1.165) is 17.5 Å². The predicted molar refractivity (Wildman–Crippen MR) is 97.6 cm³/mol. The van der Waals surface area contributed by atoms with Crippen LogP contribution in [0.15, 0.2) is 66.7 Å². The van der Waals surface area contributed by atoms with Crippen molar-refractivity contribution >= 4 is 11.9 Å². The van der Waals surface area contributed by atoms with Gasteiger partial charge < -0.3 is 9.84 Å². The Balaban J connectivity index is 1.56. The van der Waals surface area contributed by atoms with Crippen molar-refractivity contribution in [3.8, 4) is 16.9 Å². The van der Waals surface area contributed by atoms with E-state index in [0.29, 0.717) is 12.2 Å². The monoisotopic (exact) mass is 348 g/mol. The highest BCUT2D eigenvalue weighted by atomic mass is 16.5. The highest BCUT2D eigenvalue weighted by molar-refractivity contribution is 5.85. The van der Waals surface area contributed by atoms with Crippen molar-refractivity contribution in [3.05, 3.63) is 66.7 Å². The number of carbonyl (C=O) groups is 2. The molecular weight excluding hydrogens is 328 g/mol. The van der Waals surface area contributed by atoms with Crippen molar-refractivity contribution in [2.45, 2.75) is 19.3 Å². The topological polar surface area (TPSA) is 63.6 Å². The van der Waals surface area contributed by atoms with E-state index in [1.54, 1.807) is 6.07 Å². The van der Waals surface area contributed by atoms with Gasteiger partial charge in [-0.2, -0.15) is 0 Å². The minimum absolute atomic E-state index is 0.0816. The highest BCUT2D eigenvalue weighted by Crippen LogP contribution is 2.54. The quantitative estimate of drug-likeness (QED) is 0.497. The second-order valence-electron chi connectivity index (χ2n) is 7.17. The second kappa shape index (κ2) is 6.45.